The van der Waals surface area contributed by atoms with Crippen LogP contribution >= 0.6 is 0 Å². The molecule has 0 bridgehead atoms. The average molecular weight is 385 g/mol. The molecule has 0 amide bonds. The van der Waals surface area contributed by atoms with Gasteiger partial charge in [-0.25, -0.2) is 4.79 Å². The smallest absolute Gasteiger partial charge is 0.419 e. The SMILES string of the molecule is CCOc1cc(C(=O)Oc2ccccc2C(F)(F)F)c([N+](=O)[O-])cc1OC. The van der Waals surface area contributed by atoms with Gasteiger partial charge in [0, 0.05) is 6.07 Å². The van der Waals surface area contributed by atoms with Crippen LogP contribution in [0, 0.1) is 10.1 Å². The summed E-state index contributed by atoms with van der Waals surface area (Å²) in [5.41, 5.74) is -2.44. The van der Waals surface area contributed by atoms with Crippen LogP contribution in [0.1, 0.15) is 22.8 Å². The number of alkyl halides is 3. The maximum absolute atomic E-state index is 13.0. The van der Waals surface area contributed by atoms with Crippen LogP contribution < -0.4 is 14.2 Å². The zero-order valence-corrected chi connectivity index (χ0v) is 14.2. The number of carbonyl (C=O) groups is 1. The predicted octanol–water partition coefficient (Wildman–Crippen LogP) is 4.24. The Labute approximate surface area is 151 Å². The number of para-hydroxylation sites is 1. The summed E-state index contributed by atoms with van der Waals surface area (Å²) >= 11 is 0. The summed E-state index contributed by atoms with van der Waals surface area (Å²) in [4.78, 5) is 22.8. The normalized spacial score (nSPS) is 11.0. The topological polar surface area (TPSA) is 87.9 Å². The summed E-state index contributed by atoms with van der Waals surface area (Å²) < 4.78 is 54.1. The monoisotopic (exact) mass is 385 g/mol. The maximum Gasteiger partial charge on any atom is 0.419 e. The summed E-state index contributed by atoms with van der Waals surface area (Å²) in [6.07, 6.45) is -4.76. The molecule has 0 radical (unpaired) electrons. The summed E-state index contributed by atoms with van der Waals surface area (Å²) in [7, 11) is 1.25. The van der Waals surface area contributed by atoms with Gasteiger partial charge in [0.05, 0.1) is 30.3 Å². The van der Waals surface area contributed by atoms with Crippen molar-refractivity contribution in [2.45, 2.75) is 13.1 Å². The highest BCUT2D eigenvalue weighted by molar-refractivity contribution is 5.96. The molecule has 0 aliphatic carbocycles. The Kier molecular flexibility index (Phi) is 5.88. The maximum atomic E-state index is 13.0. The second-order valence-electron chi connectivity index (χ2n) is 5.09. The number of nitro benzene ring substituents is 1. The minimum Gasteiger partial charge on any atom is -0.493 e. The Morgan fingerprint density at radius 3 is 2.37 bits per heavy atom. The molecule has 0 fully saturated rings. The van der Waals surface area contributed by atoms with Crippen LogP contribution in [-0.2, 0) is 6.18 Å². The van der Waals surface area contributed by atoms with Gasteiger partial charge in [0.25, 0.3) is 5.69 Å². The van der Waals surface area contributed by atoms with Crippen LogP contribution in [0.5, 0.6) is 17.2 Å². The molecular formula is C17H14F3NO6. The number of ether oxygens (including phenoxy) is 3. The lowest BCUT2D eigenvalue weighted by atomic mass is 10.1. The molecule has 0 saturated heterocycles. The number of carbonyl (C=O) groups excluding carboxylic acids is 1. The summed E-state index contributed by atoms with van der Waals surface area (Å²) in [6, 6.07) is 5.99. The summed E-state index contributed by atoms with van der Waals surface area (Å²) in [6.45, 7) is 1.80. The van der Waals surface area contributed by atoms with Gasteiger partial charge < -0.3 is 14.2 Å². The Balaban J connectivity index is 2.50. The second-order valence-corrected chi connectivity index (χ2v) is 5.09. The minimum absolute atomic E-state index is 0.00390. The van der Waals surface area contributed by atoms with Crippen molar-refractivity contribution in [2.75, 3.05) is 13.7 Å². The fourth-order valence-corrected chi connectivity index (χ4v) is 2.24. The molecule has 0 heterocycles. The average Bonchev–Trinajstić information content (AvgIpc) is 2.61. The molecule has 0 aliphatic rings. The summed E-state index contributed by atoms with van der Waals surface area (Å²) in [5.74, 6) is -2.09. The molecule has 0 aliphatic heterocycles. The van der Waals surface area contributed by atoms with E-state index in [0.29, 0.717) is 0 Å². The molecule has 144 valence electrons. The predicted molar refractivity (Wildman–Crippen MR) is 87.2 cm³/mol. The number of hydrogen-bond acceptors (Lipinski definition) is 6. The van der Waals surface area contributed by atoms with E-state index in [4.69, 9.17) is 14.2 Å². The standard InChI is InChI=1S/C17H14F3NO6/c1-3-26-15-8-10(12(21(23)24)9-14(15)25-2)16(22)27-13-7-5-4-6-11(13)17(18,19)20/h4-9H,3H2,1-2H3. The van der Waals surface area contributed by atoms with E-state index in [1.54, 1.807) is 6.92 Å². The number of nitrogens with zero attached hydrogens (tertiary/aromatic N) is 1. The van der Waals surface area contributed by atoms with Crippen molar-refractivity contribution in [2.24, 2.45) is 0 Å². The van der Waals surface area contributed by atoms with E-state index in [1.165, 1.54) is 13.2 Å². The number of rotatable bonds is 6. The van der Waals surface area contributed by atoms with Gasteiger partial charge >= 0.3 is 12.1 Å². The molecule has 0 unspecified atom stereocenters. The van der Waals surface area contributed by atoms with E-state index in [2.05, 4.69) is 0 Å². The first kappa shape index (κ1) is 20.0. The lowest BCUT2D eigenvalue weighted by Gasteiger charge is -2.14. The van der Waals surface area contributed by atoms with E-state index < -0.39 is 39.6 Å². The third-order valence-electron chi connectivity index (χ3n) is 3.39. The van der Waals surface area contributed by atoms with Crippen molar-refractivity contribution < 1.29 is 37.1 Å². The van der Waals surface area contributed by atoms with Crippen LogP contribution in [0.25, 0.3) is 0 Å². The number of nitro groups is 1. The van der Waals surface area contributed by atoms with Gasteiger partial charge in [-0.2, -0.15) is 13.2 Å². The third kappa shape index (κ3) is 4.46. The van der Waals surface area contributed by atoms with Crippen molar-refractivity contribution in [3.63, 3.8) is 0 Å². The molecule has 2 aromatic carbocycles. The first-order valence-electron chi connectivity index (χ1n) is 7.56. The largest absolute Gasteiger partial charge is 0.493 e. The van der Waals surface area contributed by atoms with Gasteiger partial charge in [-0.3, -0.25) is 10.1 Å². The first-order valence-corrected chi connectivity index (χ1v) is 7.56. The van der Waals surface area contributed by atoms with Crippen LogP contribution in [0.15, 0.2) is 36.4 Å². The van der Waals surface area contributed by atoms with E-state index in [-0.39, 0.29) is 18.1 Å². The minimum atomic E-state index is -4.76. The van der Waals surface area contributed by atoms with E-state index >= 15 is 0 Å². The first-order chi connectivity index (χ1) is 12.7. The molecule has 0 saturated carbocycles. The van der Waals surface area contributed by atoms with Crippen molar-refractivity contribution in [1.82, 2.24) is 0 Å². The van der Waals surface area contributed by atoms with Crippen molar-refractivity contribution in [3.05, 3.63) is 57.6 Å². The van der Waals surface area contributed by atoms with Gasteiger partial charge in [0.1, 0.15) is 11.3 Å². The fourth-order valence-electron chi connectivity index (χ4n) is 2.24. The molecule has 2 rings (SSSR count). The molecule has 2 aromatic rings. The van der Waals surface area contributed by atoms with Gasteiger partial charge in [-0.15, -0.1) is 0 Å². The van der Waals surface area contributed by atoms with E-state index in [0.717, 1.165) is 30.3 Å². The molecule has 10 heteroatoms. The molecule has 0 N–H and O–H groups in total. The molecule has 7 nitrogen and oxygen atoms in total. The fraction of sp³-hybridized carbons (Fsp3) is 0.235. The van der Waals surface area contributed by atoms with Gasteiger partial charge in [-0.1, -0.05) is 12.1 Å². The second kappa shape index (κ2) is 7.94. The Bertz CT molecular complexity index is 866. The zero-order valence-electron chi connectivity index (χ0n) is 14.2. The van der Waals surface area contributed by atoms with Gasteiger partial charge in [0.15, 0.2) is 11.5 Å². The molecule has 0 spiro atoms. The number of halogens is 3. The quantitative estimate of drug-likeness (QED) is 0.320. The van der Waals surface area contributed by atoms with Crippen molar-refractivity contribution in [1.29, 1.82) is 0 Å². The third-order valence-corrected chi connectivity index (χ3v) is 3.39. The Morgan fingerprint density at radius 1 is 1.15 bits per heavy atom. The molecule has 0 atom stereocenters. The number of hydrogen-bond donors (Lipinski definition) is 0. The summed E-state index contributed by atoms with van der Waals surface area (Å²) in [5, 5.41) is 11.3. The van der Waals surface area contributed by atoms with Crippen molar-refractivity contribution in [3.8, 4) is 17.2 Å². The lowest BCUT2D eigenvalue weighted by Crippen LogP contribution is -2.15. The van der Waals surface area contributed by atoms with Crippen LogP contribution in [0.2, 0.25) is 0 Å². The van der Waals surface area contributed by atoms with Gasteiger partial charge in [-0.05, 0) is 19.1 Å². The van der Waals surface area contributed by atoms with Crippen LogP contribution in [-0.4, -0.2) is 24.6 Å². The highest BCUT2D eigenvalue weighted by atomic mass is 19.4. The highest BCUT2D eigenvalue weighted by Crippen LogP contribution is 2.38. The van der Waals surface area contributed by atoms with Crippen LogP contribution in [0.4, 0.5) is 18.9 Å². The van der Waals surface area contributed by atoms with Crippen LogP contribution in [0.3, 0.4) is 0 Å². The van der Waals surface area contributed by atoms with E-state index in [9.17, 15) is 28.1 Å². The zero-order chi connectivity index (χ0) is 20.2. The Hall–Kier alpha value is -3.30. The highest BCUT2D eigenvalue weighted by Gasteiger charge is 2.35. The molecular weight excluding hydrogens is 371 g/mol. The molecule has 27 heavy (non-hydrogen) atoms. The molecule has 0 aromatic heterocycles. The van der Waals surface area contributed by atoms with E-state index in [1.807, 2.05) is 0 Å². The van der Waals surface area contributed by atoms with Gasteiger partial charge in [0.2, 0.25) is 0 Å². The van der Waals surface area contributed by atoms with Crippen molar-refractivity contribution >= 4 is 11.7 Å². The number of benzene rings is 2. The Morgan fingerprint density at radius 2 is 1.81 bits per heavy atom. The lowest BCUT2D eigenvalue weighted by molar-refractivity contribution is -0.385. The number of methoxy groups -OCH3 is 1. The number of esters is 1.